The van der Waals surface area contributed by atoms with Crippen LogP contribution in [0.5, 0.6) is 5.88 Å². The summed E-state index contributed by atoms with van der Waals surface area (Å²) in [7, 11) is -3.69. The van der Waals surface area contributed by atoms with Crippen molar-refractivity contribution >= 4 is 38.5 Å². The van der Waals surface area contributed by atoms with Gasteiger partial charge in [0.05, 0.1) is 18.3 Å². The van der Waals surface area contributed by atoms with Gasteiger partial charge in [0.25, 0.3) is 0 Å². The van der Waals surface area contributed by atoms with Crippen molar-refractivity contribution in [3.05, 3.63) is 53.3 Å². The molecule has 1 unspecified atom stereocenters. The quantitative estimate of drug-likeness (QED) is 0.576. The Hall–Kier alpha value is -2.62. The molecule has 8 nitrogen and oxygen atoms in total. The van der Waals surface area contributed by atoms with Crippen molar-refractivity contribution in [2.75, 3.05) is 19.7 Å². The van der Waals surface area contributed by atoms with Gasteiger partial charge in [0, 0.05) is 41.7 Å². The number of benzene rings is 1. The second kappa shape index (κ2) is 8.49. The molecular formula is C21H22ClN3O5S. The van der Waals surface area contributed by atoms with Gasteiger partial charge in [-0.25, -0.2) is 13.4 Å². The lowest BCUT2D eigenvalue weighted by Crippen LogP contribution is -2.28. The molecule has 1 N–H and O–H groups in total. The summed E-state index contributed by atoms with van der Waals surface area (Å²) in [6, 6.07) is 8.40. The molecule has 164 valence electrons. The van der Waals surface area contributed by atoms with Crippen LogP contribution in [-0.4, -0.2) is 53.0 Å². The number of aliphatic carboxylic acids is 1. The van der Waals surface area contributed by atoms with Gasteiger partial charge in [0.2, 0.25) is 15.9 Å². The second-order valence-corrected chi connectivity index (χ2v) is 9.76. The van der Waals surface area contributed by atoms with Gasteiger partial charge in [0.15, 0.2) is 0 Å². The van der Waals surface area contributed by atoms with Gasteiger partial charge in [-0.05, 0) is 37.1 Å². The third kappa shape index (κ3) is 4.26. The normalized spacial score (nSPS) is 17.3. The molecule has 31 heavy (non-hydrogen) atoms. The topological polar surface area (TPSA) is 102 Å². The minimum Gasteiger partial charge on any atom is -0.480 e. The first-order chi connectivity index (χ1) is 14.8. The molecule has 3 heterocycles. The molecule has 1 atom stereocenters. The van der Waals surface area contributed by atoms with Gasteiger partial charge in [-0.3, -0.25) is 4.79 Å². The molecule has 0 radical (unpaired) electrons. The van der Waals surface area contributed by atoms with E-state index in [-0.39, 0.29) is 17.4 Å². The lowest BCUT2D eigenvalue weighted by molar-refractivity contribution is -0.137. The van der Waals surface area contributed by atoms with Gasteiger partial charge in [-0.1, -0.05) is 17.7 Å². The number of hydrogen-bond donors (Lipinski definition) is 1. The van der Waals surface area contributed by atoms with Crippen molar-refractivity contribution in [2.45, 2.75) is 30.7 Å². The Bertz CT molecular complexity index is 1220. The number of carboxylic acid groups (broad SMARTS) is 1. The molecule has 1 aromatic carbocycles. The summed E-state index contributed by atoms with van der Waals surface area (Å²) in [5.41, 5.74) is 1.65. The predicted octanol–water partition coefficient (Wildman–Crippen LogP) is 3.35. The molecule has 0 aliphatic carbocycles. The number of nitrogens with zero attached hydrogens (tertiary/aromatic N) is 3. The van der Waals surface area contributed by atoms with Crippen LogP contribution in [-0.2, 0) is 21.4 Å². The average Bonchev–Trinajstić information content (AvgIpc) is 3.34. The molecule has 0 bridgehead atoms. The van der Waals surface area contributed by atoms with Crippen LogP contribution >= 0.6 is 11.6 Å². The van der Waals surface area contributed by atoms with Gasteiger partial charge in [-0.2, -0.15) is 4.31 Å². The summed E-state index contributed by atoms with van der Waals surface area (Å²) < 4.78 is 34.5. The summed E-state index contributed by atoms with van der Waals surface area (Å²) in [6.45, 7) is 2.78. The van der Waals surface area contributed by atoms with E-state index in [0.717, 1.165) is 16.5 Å². The standard InChI is InChI=1S/C21H22ClN3O5S/c1-2-30-20-6-4-16(10-23-20)31(28,29)25-8-7-14(11-25)18-12-24(13-21(26)27)19-9-15(22)3-5-17(18)19/h3-6,9-10,12,14H,2,7-8,11,13H2,1H3,(H,26,27). The Morgan fingerprint density at radius 1 is 1.32 bits per heavy atom. The number of carboxylic acids is 1. The molecule has 2 aromatic heterocycles. The molecule has 1 fully saturated rings. The lowest BCUT2D eigenvalue weighted by atomic mass is 9.98. The highest BCUT2D eigenvalue weighted by Crippen LogP contribution is 2.36. The molecular weight excluding hydrogens is 442 g/mol. The Morgan fingerprint density at radius 2 is 2.13 bits per heavy atom. The van der Waals surface area contributed by atoms with Gasteiger partial charge in [0.1, 0.15) is 11.4 Å². The highest BCUT2D eigenvalue weighted by molar-refractivity contribution is 7.89. The zero-order chi connectivity index (χ0) is 22.2. The van der Waals surface area contributed by atoms with Crippen molar-refractivity contribution in [2.24, 2.45) is 0 Å². The Kier molecular flexibility index (Phi) is 5.92. The van der Waals surface area contributed by atoms with Crippen LogP contribution in [0.2, 0.25) is 5.02 Å². The van der Waals surface area contributed by atoms with Crippen molar-refractivity contribution < 1.29 is 23.1 Å². The van der Waals surface area contributed by atoms with Crippen LogP contribution in [0.15, 0.2) is 47.6 Å². The smallest absolute Gasteiger partial charge is 0.323 e. The molecule has 1 saturated heterocycles. The fourth-order valence-electron chi connectivity index (χ4n) is 4.00. The van der Waals surface area contributed by atoms with E-state index in [1.165, 1.54) is 16.6 Å². The van der Waals surface area contributed by atoms with E-state index in [1.807, 2.05) is 13.0 Å². The average molecular weight is 464 g/mol. The van der Waals surface area contributed by atoms with E-state index in [4.69, 9.17) is 16.3 Å². The summed E-state index contributed by atoms with van der Waals surface area (Å²) >= 11 is 6.11. The SMILES string of the molecule is CCOc1ccc(S(=O)(=O)N2CCC(c3cn(CC(=O)O)c4cc(Cl)ccc34)C2)cn1. The number of hydrogen-bond acceptors (Lipinski definition) is 5. The first-order valence-corrected chi connectivity index (χ1v) is 11.7. The van der Waals surface area contributed by atoms with E-state index >= 15 is 0 Å². The molecule has 3 aromatic rings. The highest BCUT2D eigenvalue weighted by atomic mass is 35.5. The third-order valence-electron chi connectivity index (χ3n) is 5.41. The number of sulfonamides is 1. The zero-order valence-electron chi connectivity index (χ0n) is 16.9. The second-order valence-electron chi connectivity index (χ2n) is 7.38. The van der Waals surface area contributed by atoms with Gasteiger partial charge < -0.3 is 14.4 Å². The van der Waals surface area contributed by atoms with Crippen molar-refractivity contribution in [1.82, 2.24) is 13.9 Å². The zero-order valence-corrected chi connectivity index (χ0v) is 18.4. The fraction of sp³-hybridized carbons (Fsp3) is 0.333. The number of ether oxygens (including phenoxy) is 1. The number of aromatic nitrogens is 2. The summed E-state index contributed by atoms with van der Waals surface area (Å²) in [5.74, 6) is -0.628. The fourth-order valence-corrected chi connectivity index (χ4v) is 5.61. The number of fused-ring (bicyclic) bond motifs is 1. The molecule has 0 amide bonds. The third-order valence-corrected chi connectivity index (χ3v) is 7.49. The molecule has 1 aliphatic heterocycles. The van der Waals surface area contributed by atoms with Gasteiger partial charge in [-0.15, -0.1) is 0 Å². The van der Waals surface area contributed by atoms with E-state index in [0.29, 0.717) is 37.0 Å². The lowest BCUT2D eigenvalue weighted by Gasteiger charge is -2.16. The number of halogens is 1. The maximum Gasteiger partial charge on any atom is 0.323 e. The molecule has 10 heteroatoms. The van der Waals surface area contributed by atoms with Crippen LogP contribution in [0.25, 0.3) is 10.9 Å². The minimum absolute atomic E-state index is 0.0517. The van der Waals surface area contributed by atoms with Crippen LogP contribution in [0, 0.1) is 0 Å². The minimum atomic E-state index is -3.69. The number of pyridine rings is 1. The predicted molar refractivity (Wildman–Crippen MR) is 116 cm³/mol. The van der Waals surface area contributed by atoms with Crippen LogP contribution in [0.3, 0.4) is 0 Å². The van der Waals surface area contributed by atoms with Crippen LogP contribution in [0.4, 0.5) is 0 Å². The Balaban J connectivity index is 1.61. The first kappa shape index (κ1) is 21.6. The summed E-state index contributed by atoms with van der Waals surface area (Å²) in [6.07, 6.45) is 3.75. The molecule has 4 rings (SSSR count). The molecule has 1 aliphatic rings. The van der Waals surface area contributed by atoms with E-state index in [9.17, 15) is 18.3 Å². The first-order valence-electron chi connectivity index (χ1n) is 9.88. The largest absolute Gasteiger partial charge is 0.480 e. The van der Waals surface area contributed by atoms with Crippen molar-refractivity contribution in [1.29, 1.82) is 0 Å². The summed E-state index contributed by atoms with van der Waals surface area (Å²) in [5, 5.41) is 10.6. The van der Waals surface area contributed by atoms with Crippen LogP contribution in [0.1, 0.15) is 24.8 Å². The van der Waals surface area contributed by atoms with E-state index in [1.54, 1.807) is 29.0 Å². The van der Waals surface area contributed by atoms with Crippen LogP contribution < -0.4 is 4.74 Å². The van der Waals surface area contributed by atoms with Crippen molar-refractivity contribution in [3.63, 3.8) is 0 Å². The van der Waals surface area contributed by atoms with E-state index < -0.39 is 16.0 Å². The highest BCUT2D eigenvalue weighted by Gasteiger charge is 2.34. The Morgan fingerprint density at radius 3 is 2.81 bits per heavy atom. The number of rotatable bonds is 7. The molecule has 0 saturated carbocycles. The number of carbonyl (C=O) groups is 1. The monoisotopic (exact) mass is 463 g/mol. The van der Waals surface area contributed by atoms with E-state index in [2.05, 4.69) is 4.98 Å². The van der Waals surface area contributed by atoms with Crippen molar-refractivity contribution in [3.8, 4) is 5.88 Å². The maximum absolute atomic E-state index is 13.1. The van der Waals surface area contributed by atoms with Gasteiger partial charge >= 0.3 is 5.97 Å². The maximum atomic E-state index is 13.1. The molecule has 0 spiro atoms. The Labute approximate surface area is 185 Å². The summed E-state index contributed by atoms with van der Waals surface area (Å²) in [4.78, 5) is 15.5.